The molecule has 0 heterocycles. The lowest BCUT2D eigenvalue weighted by Gasteiger charge is -2.24. The number of benzene rings is 1. The Bertz CT molecular complexity index is 389. The van der Waals surface area contributed by atoms with Gasteiger partial charge in [0.2, 0.25) is 0 Å². The maximum absolute atomic E-state index is 13.5. The van der Waals surface area contributed by atoms with Gasteiger partial charge in [-0.05, 0) is 38.1 Å². The molecule has 1 aliphatic rings. The average Bonchev–Trinajstić information content (AvgIpc) is 2.85. The van der Waals surface area contributed by atoms with Crippen molar-refractivity contribution in [2.75, 3.05) is 31.2 Å². The summed E-state index contributed by atoms with van der Waals surface area (Å²) < 4.78 is 13.5. The van der Waals surface area contributed by atoms with Gasteiger partial charge in [0.25, 0.3) is 0 Å². The van der Waals surface area contributed by atoms with Crippen LogP contribution in [0.3, 0.4) is 0 Å². The Morgan fingerprint density at radius 1 is 1.39 bits per heavy atom. The van der Waals surface area contributed by atoms with E-state index in [1.165, 1.54) is 31.7 Å². The minimum atomic E-state index is -0.279. The van der Waals surface area contributed by atoms with Gasteiger partial charge >= 0.3 is 0 Å². The van der Waals surface area contributed by atoms with Gasteiger partial charge in [-0.1, -0.05) is 12.8 Å². The molecular formula is C14H22FN3. The Kier molecular flexibility index (Phi) is 4.42. The van der Waals surface area contributed by atoms with Crippen LogP contribution < -0.4 is 11.1 Å². The minimum absolute atomic E-state index is 0.279. The molecule has 0 amide bonds. The third-order valence-corrected chi connectivity index (χ3v) is 3.72. The molecule has 0 bridgehead atoms. The molecule has 0 aromatic heterocycles. The molecule has 1 aliphatic carbocycles. The van der Waals surface area contributed by atoms with E-state index in [-0.39, 0.29) is 5.82 Å². The molecule has 0 spiro atoms. The Hall–Kier alpha value is -1.29. The molecule has 3 N–H and O–H groups in total. The maximum Gasteiger partial charge on any atom is 0.148 e. The first kappa shape index (κ1) is 13.1. The molecule has 1 aromatic carbocycles. The summed E-state index contributed by atoms with van der Waals surface area (Å²) in [7, 11) is 2.15. The van der Waals surface area contributed by atoms with Crippen LogP contribution in [0.5, 0.6) is 0 Å². The van der Waals surface area contributed by atoms with Crippen molar-refractivity contribution in [1.82, 2.24) is 4.90 Å². The van der Waals surface area contributed by atoms with Crippen LogP contribution in [0.1, 0.15) is 25.7 Å². The van der Waals surface area contributed by atoms with E-state index in [2.05, 4.69) is 17.3 Å². The predicted octanol–water partition coefficient (Wildman–Crippen LogP) is 2.69. The molecule has 0 radical (unpaired) electrons. The highest BCUT2D eigenvalue weighted by Gasteiger charge is 2.18. The number of nitrogens with zero attached hydrogens (tertiary/aromatic N) is 1. The summed E-state index contributed by atoms with van der Waals surface area (Å²) in [6, 6.07) is 5.47. The van der Waals surface area contributed by atoms with Gasteiger partial charge in [-0.2, -0.15) is 0 Å². The Morgan fingerprint density at radius 3 is 2.78 bits per heavy atom. The zero-order chi connectivity index (χ0) is 13.0. The summed E-state index contributed by atoms with van der Waals surface area (Å²) in [4.78, 5) is 2.37. The first-order valence-electron chi connectivity index (χ1n) is 6.66. The van der Waals surface area contributed by atoms with Crippen molar-refractivity contribution in [3.05, 3.63) is 24.0 Å². The molecule has 0 aliphatic heterocycles. The number of nitrogen functional groups attached to an aromatic ring is 1. The van der Waals surface area contributed by atoms with Gasteiger partial charge < -0.3 is 16.0 Å². The maximum atomic E-state index is 13.5. The highest BCUT2D eigenvalue weighted by Crippen LogP contribution is 2.22. The van der Waals surface area contributed by atoms with Gasteiger partial charge in [0.15, 0.2) is 0 Å². The normalized spacial score (nSPS) is 16.4. The molecule has 1 saturated carbocycles. The number of nitrogens with two attached hydrogens (primary N) is 1. The third kappa shape index (κ3) is 3.35. The van der Waals surface area contributed by atoms with Crippen molar-refractivity contribution in [2.45, 2.75) is 31.7 Å². The number of hydrogen-bond donors (Lipinski definition) is 2. The van der Waals surface area contributed by atoms with E-state index in [1.54, 1.807) is 12.1 Å². The van der Waals surface area contributed by atoms with Gasteiger partial charge in [-0.15, -0.1) is 0 Å². The van der Waals surface area contributed by atoms with Crippen molar-refractivity contribution in [2.24, 2.45) is 0 Å². The summed E-state index contributed by atoms with van der Waals surface area (Å²) in [5.74, 6) is -0.279. The number of hydrogen-bond acceptors (Lipinski definition) is 3. The summed E-state index contributed by atoms with van der Waals surface area (Å²) in [6.07, 6.45) is 5.28. The number of halogens is 1. The third-order valence-electron chi connectivity index (χ3n) is 3.72. The van der Waals surface area contributed by atoms with Gasteiger partial charge in [0.1, 0.15) is 5.82 Å². The molecule has 0 atom stereocenters. The van der Waals surface area contributed by atoms with Crippen LogP contribution in [-0.2, 0) is 0 Å². The topological polar surface area (TPSA) is 41.3 Å². The fourth-order valence-corrected chi connectivity index (χ4v) is 2.57. The summed E-state index contributed by atoms with van der Waals surface area (Å²) in [6.45, 7) is 1.70. The van der Waals surface area contributed by atoms with Crippen molar-refractivity contribution in [1.29, 1.82) is 0 Å². The second-order valence-electron chi connectivity index (χ2n) is 5.08. The number of anilines is 2. The Labute approximate surface area is 108 Å². The Morgan fingerprint density at radius 2 is 2.11 bits per heavy atom. The molecule has 1 fully saturated rings. The molecule has 1 aromatic rings. The SMILES string of the molecule is CN(CCNc1ccc(N)cc1F)C1CCCC1. The number of likely N-dealkylation sites (N-methyl/N-ethyl adjacent to an activating group) is 1. The van der Waals surface area contributed by atoms with E-state index < -0.39 is 0 Å². The lowest BCUT2D eigenvalue weighted by Crippen LogP contribution is -2.33. The van der Waals surface area contributed by atoms with Crippen LogP contribution in [0.25, 0.3) is 0 Å². The van der Waals surface area contributed by atoms with Crippen molar-refractivity contribution >= 4 is 11.4 Å². The van der Waals surface area contributed by atoms with Gasteiger partial charge in [-0.25, -0.2) is 4.39 Å². The predicted molar refractivity (Wildman–Crippen MR) is 74.2 cm³/mol. The van der Waals surface area contributed by atoms with E-state index in [0.717, 1.165) is 13.1 Å². The molecular weight excluding hydrogens is 229 g/mol. The fourth-order valence-electron chi connectivity index (χ4n) is 2.57. The zero-order valence-corrected chi connectivity index (χ0v) is 11.0. The molecule has 100 valence electrons. The molecule has 18 heavy (non-hydrogen) atoms. The van der Waals surface area contributed by atoms with Gasteiger partial charge in [0.05, 0.1) is 5.69 Å². The standard InChI is InChI=1S/C14H22FN3/c1-18(12-4-2-3-5-12)9-8-17-14-7-6-11(16)10-13(14)15/h6-7,10,12,17H,2-5,8-9,16H2,1H3. The van der Waals surface area contributed by atoms with Crippen molar-refractivity contribution < 1.29 is 4.39 Å². The van der Waals surface area contributed by atoms with Crippen LogP contribution in [0.15, 0.2) is 18.2 Å². The Balaban J connectivity index is 1.77. The van der Waals surface area contributed by atoms with Crippen LogP contribution in [0.2, 0.25) is 0 Å². The molecule has 3 nitrogen and oxygen atoms in total. The van der Waals surface area contributed by atoms with Crippen molar-refractivity contribution in [3.63, 3.8) is 0 Å². The van der Waals surface area contributed by atoms with Gasteiger partial charge in [0, 0.05) is 24.8 Å². The summed E-state index contributed by atoms with van der Waals surface area (Å²) in [5.41, 5.74) is 6.50. The van der Waals surface area contributed by atoms with Crippen LogP contribution in [0, 0.1) is 5.82 Å². The van der Waals surface area contributed by atoms with E-state index in [0.29, 0.717) is 17.4 Å². The number of nitrogens with one attached hydrogen (secondary N) is 1. The second kappa shape index (κ2) is 6.05. The first-order valence-corrected chi connectivity index (χ1v) is 6.66. The second-order valence-corrected chi connectivity index (χ2v) is 5.08. The summed E-state index contributed by atoms with van der Waals surface area (Å²) >= 11 is 0. The highest BCUT2D eigenvalue weighted by atomic mass is 19.1. The lowest BCUT2D eigenvalue weighted by molar-refractivity contribution is 0.254. The molecule has 4 heteroatoms. The van der Waals surface area contributed by atoms with E-state index in [9.17, 15) is 4.39 Å². The van der Waals surface area contributed by atoms with Crippen LogP contribution in [0.4, 0.5) is 15.8 Å². The number of rotatable bonds is 5. The molecule has 2 rings (SSSR count). The van der Waals surface area contributed by atoms with E-state index in [4.69, 9.17) is 5.73 Å². The smallest absolute Gasteiger partial charge is 0.148 e. The quantitative estimate of drug-likeness (QED) is 0.791. The largest absolute Gasteiger partial charge is 0.399 e. The first-order chi connectivity index (χ1) is 8.66. The van der Waals surface area contributed by atoms with Gasteiger partial charge in [-0.3, -0.25) is 0 Å². The fraction of sp³-hybridized carbons (Fsp3) is 0.571. The summed E-state index contributed by atoms with van der Waals surface area (Å²) in [5, 5.41) is 3.12. The molecule has 0 saturated heterocycles. The monoisotopic (exact) mass is 251 g/mol. The van der Waals surface area contributed by atoms with E-state index >= 15 is 0 Å². The highest BCUT2D eigenvalue weighted by molar-refractivity contribution is 5.52. The minimum Gasteiger partial charge on any atom is -0.399 e. The average molecular weight is 251 g/mol. The molecule has 0 unspecified atom stereocenters. The zero-order valence-electron chi connectivity index (χ0n) is 11.0. The van der Waals surface area contributed by atoms with Crippen LogP contribution in [-0.4, -0.2) is 31.1 Å². The van der Waals surface area contributed by atoms with Crippen molar-refractivity contribution in [3.8, 4) is 0 Å². The van der Waals surface area contributed by atoms with E-state index in [1.807, 2.05) is 0 Å². The lowest BCUT2D eigenvalue weighted by atomic mass is 10.2. The van der Waals surface area contributed by atoms with Crippen LogP contribution >= 0.6 is 0 Å².